The summed E-state index contributed by atoms with van der Waals surface area (Å²) in [6, 6.07) is 13.3. The first-order valence-corrected chi connectivity index (χ1v) is 6.95. The van der Waals surface area contributed by atoms with E-state index in [1.165, 1.54) is 0 Å². The topological polar surface area (TPSA) is 69.0 Å². The van der Waals surface area contributed by atoms with Crippen molar-refractivity contribution < 1.29 is 9.53 Å². The number of nitrogens with zero attached hydrogens (tertiary/aromatic N) is 3. The Morgan fingerprint density at radius 3 is 2.86 bits per heavy atom. The maximum Gasteiger partial charge on any atom is 0.258 e. The molecule has 1 N–H and O–H groups in total. The highest BCUT2D eigenvalue weighted by Gasteiger charge is 2.10. The van der Waals surface area contributed by atoms with Gasteiger partial charge in [-0.1, -0.05) is 18.2 Å². The summed E-state index contributed by atoms with van der Waals surface area (Å²) in [5.74, 6) is 0.256. The number of ether oxygens (including phenoxy) is 1. The second kappa shape index (κ2) is 6.26. The Morgan fingerprint density at radius 1 is 1.23 bits per heavy atom. The van der Waals surface area contributed by atoms with E-state index in [9.17, 15) is 4.79 Å². The summed E-state index contributed by atoms with van der Waals surface area (Å²) in [7, 11) is 1.84. The van der Waals surface area contributed by atoms with Gasteiger partial charge in [-0.25, -0.2) is 0 Å². The highest BCUT2D eigenvalue weighted by atomic mass is 16.5. The fraction of sp³-hybridized carbons (Fsp3) is 0.188. The van der Waals surface area contributed by atoms with Gasteiger partial charge in [-0.2, -0.15) is 0 Å². The van der Waals surface area contributed by atoms with Crippen molar-refractivity contribution in [1.82, 2.24) is 20.1 Å². The molecule has 0 bridgehead atoms. The molecule has 6 heteroatoms. The number of rotatable bonds is 5. The van der Waals surface area contributed by atoms with Gasteiger partial charge in [-0.15, -0.1) is 5.10 Å². The minimum absolute atomic E-state index is 0.0756. The van der Waals surface area contributed by atoms with E-state index in [-0.39, 0.29) is 12.5 Å². The predicted octanol–water partition coefficient (Wildman–Crippen LogP) is 1.66. The van der Waals surface area contributed by atoms with E-state index in [2.05, 4.69) is 15.4 Å². The molecule has 0 aliphatic rings. The number of benzene rings is 1. The molecule has 0 unspecified atom stereocenters. The molecule has 112 valence electrons. The Kier molecular flexibility index (Phi) is 4.00. The normalized spacial score (nSPS) is 10.6. The molecule has 0 saturated carbocycles. The Bertz CT molecular complexity index is 783. The van der Waals surface area contributed by atoms with Crippen LogP contribution in [0.15, 0.2) is 48.7 Å². The van der Waals surface area contributed by atoms with Crippen molar-refractivity contribution in [1.29, 1.82) is 0 Å². The lowest BCUT2D eigenvalue weighted by atomic mass is 10.2. The zero-order valence-electron chi connectivity index (χ0n) is 12.2. The minimum atomic E-state index is -0.208. The predicted molar refractivity (Wildman–Crippen MR) is 82.3 cm³/mol. The lowest BCUT2D eigenvalue weighted by Crippen LogP contribution is -2.28. The number of para-hydroxylation sites is 1. The largest absolute Gasteiger partial charge is 0.466 e. The second-order valence-electron chi connectivity index (χ2n) is 4.83. The number of fused-ring (bicyclic) bond motifs is 1. The average Bonchev–Trinajstić information content (AvgIpc) is 2.89. The molecule has 1 aromatic carbocycles. The van der Waals surface area contributed by atoms with Crippen LogP contribution in [0, 0.1) is 0 Å². The molecule has 2 aromatic heterocycles. The molecule has 0 aliphatic carbocycles. The Labute approximate surface area is 127 Å². The monoisotopic (exact) mass is 296 g/mol. The van der Waals surface area contributed by atoms with E-state index in [0.717, 1.165) is 16.6 Å². The van der Waals surface area contributed by atoms with Crippen LogP contribution < -0.4 is 10.1 Å². The number of hydrogen-bond acceptors (Lipinski definition) is 4. The van der Waals surface area contributed by atoms with Crippen molar-refractivity contribution in [3.05, 3.63) is 54.4 Å². The fourth-order valence-corrected chi connectivity index (χ4v) is 2.16. The highest BCUT2D eigenvalue weighted by molar-refractivity contribution is 5.85. The van der Waals surface area contributed by atoms with Gasteiger partial charge in [-0.05, 0) is 24.3 Å². The summed E-state index contributed by atoms with van der Waals surface area (Å²) >= 11 is 0. The van der Waals surface area contributed by atoms with Crippen molar-refractivity contribution >= 4 is 16.8 Å². The van der Waals surface area contributed by atoms with Gasteiger partial charge in [0.15, 0.2) is 6.61 Å². The number of carbonyl (C=O) groups is 1. The molecule has 3 rings (SSSR count). The number of aromatic nitrogens is 3. The van der Waals surface area contributed by atoms with Crippen LogP contribution in [-0.2, 0) is 18.4 Å². The van der Waals surface area contributed by atoms with E-state index >= 15 is 0 Å². The third-order valence-electron chi connectivity index (χ3n) is 3.26. The fourth-order valence-electron chi connectivity index (χ4n) is 2.16. The molecule has 0 radical (unpaired) electrons. The summed E-state index contributed by atoms with van der Waals surface area (Å²) in [5, 5.41) is 7.94. The molecular weight excluding hydrogens is 280 g/mol. The summed E-state index contributed by atoms with van der Waals surface area (Å²) in [6.07, 6.45) is 1.69. The van der Waals surface area contributed by atoms with E-state index in [4.69, 9.17) is 4.74 Å². The van der Waals surface area contributed by atoms with Gasteiger partial charge in [0.1, 0.15) is 0 Å². The molecule has 0 spiro atoms. The maximum absolute atomic E-state index is 11.8. The average molecular weight is 296 g/mol. The number of amides is 1. The standard InChI is InChI=1S/C16H16N4O2/c1-20-14-8-3-2-7-13(14)16(19-20)22-11-15(21)18-10-12-6-4-5-9-17-12/h2-9H,10-11H2,1H3,(H,18,21). The van der Waals surface area contributed by atoms with Crippen LogP contribution >= 0.6 is 0 Å². The zero-order chi connectivity index (χ0) is 15.4. The minimum Gasteiger partial charge on any atom is -0.466 e. The van der Waals surface area contributed by atoms with Crippen LogP contribution in [0.3, 0.4) is 0 Å². The van der Waals surface area contributed by atoms with Crippen LogP contribution in [0.25, 0.3) is 10.9 Å². The van der Waals surface area contributed by atoms with Gasteiger partial charge in [0.2, 0.25) is 5.88 Å². The first-order chi connectivity index (χ1) is 10.7. The maximum atomic E-state index is 11.8. The Hall–Kier alpha value is -2.89. The number of hydrogen-bond donors (Lipinski definition) is 1. The van der Waals surface area contributed by atoms with Gasteiger partial charge in [0, 0.05) is 13.2 Å². The van der Waals surface area contributed by atoms with Crippen molar-refractivity contribution in [3.8, 4) is 5.88 Å². The van der Waals surface area contributed by atoms with E-state index in [0.29, 0.717) is 12.4 Å². The Balaban J connectivity index is 1.58. The quantitative estimate of drug-likeness (QED) is 0.777. The number of aryl methyl sites for hydroxylation is 1. The zero-order valence-corrected chi connectivity index (χ0v) is 12.2. The van der Waals surface area contributed by atoms with Crippen molar-refractivity contribution in [3.63, 3.8) is 0 Å². The number of nitrogens with one attached hydrogen (secondary N) is 1. The molecule has 22 heavy (non-hydrogen) atoms. The number of pyridine rings is 1. The van der Waals surface area contributed by atoms with Crippen molar-refractivity contribution in [2.24, 2.45) is 7.05 Å². The van der Waals surface area contributed by atoms with Gasteiger partial charge in [0.05, 0.1) is 23.1 Å². The molecule has 0 fully saturated rings. The summed E-state index contributed by atoms with van der Waals surface area (Å²) in [4.78, 5) is 16.0. The first kappa shape index (κ1) is 14.1. The molecule has 6 nitrogen and oxygen atoms in total. The Morgan fingerprint density at radius 2 is 2.05 bits per heavy atom. The third-order valence-corrected chi connectivity index (χ3v) is 3.26. The lowest BCUT2D eigenvalue weighted by molar-refractivity contribution is -0.123. The molecule has 0 saturated heterocycles. The van der Waals surface area contributed by atoms with E-state index in [1.54, 1.807) is 10.9 Å². The van der Waals surface area contributed by atoms with Crippen LogP contribution in [0.1, 0.15) is 5.69 Å². The van der Waals surface area contributed by atoms with Gasteiger partial charge < -0.3 is 10.1 Å². The van der Waals surface area contributed by atoms with Crippen LogP contribution in [0.5, 0.6) is 5.88 Å². The molecule has 0 atom stereocenters. The first-order valence-electron chi connectivity index (χ1n) is 6.95. The number of carbonyl (C=O) groups excluding carboxylic acids is 1. The molecule has 2 heterocycles. The smallest absolute Gasteiger partial charge is 0.258 e. The highest BCUT2D eigenvalue weighted by Crippen LogP contribution is 2.23. The van der Waals surface area contributed by atoms with Gasteiger partial charge in [-0.3, -0.25) is 14.5 Å². The second-order valence-corrected chi connectivity index (χ2v) is 4.83. The molecule has 3 aromatic rings. The molecule has 0 aliphatic heterocycles. The summed E-state index contributed by atoms with van der Waals surface area (Å²) < 4.78 is 7.26. The van der Waals surface area contributed by atoms with Gasteiger partial charge in [0.25, 0.3) is 5.91 Å². The molecule has 1 amide bonds. The SMILES string of the molecule is Cn1nc(OCC(=O)NCc2ccccn2)c2ccccc21. The third kappa shape index (κ3) is 3.06. The van der Waals surface area contributed by atoms with Crippen molar-refractivity contribution in [2.75, 3.05) is 6.61 Å². The van der Waals surface area contributed by atoms with E-state index < -0.39 is 0 Å². The summed E-state index contributed by atoms with van der Waals surface area (Å²) in [5.41, 5.74) is 1.77. The van der Waals surface area contributed by atoms with Crippen LogP contribution in [0.2, 0.25) is 0 Å². The van der Waals surface area contributed by atoms with Crippen LogP contribution in [-0.4, -0.2) is 27.3 Å². The van der Waals surface area contributed by atoms with Crippen LogP contribution in [0.4, 0.5) is 0 Å². The summed E-state index contributed by atoms with van der Waals surface area (Å²) in [6.45, 7) is 0.305. The van der Waals surface area contributed by atoms with E-state index in [1.807, 2.05) is 49.5 Å². The molecular formula is C16H16N4O2. The lowest BCUT2D eigenvalue weighted by Gasteiger charge is -2.05. The van der Waals surface area contributed by atoms with Crippen molar-refractivity contribution in [2.45, 2.75) is 6.54 Å². The van der Waals surface area contributed by atoms with Gasteiger partial charge >= 0.3 is 0 Å².